The number of halogens is 2. The molecule has 3 rings (SSSR count). The molecule has 98 valence electrons. The van der Waals surface area contributed by atoms with Crippen molar-refractivity contribution in [3.8, 4) is 0 Å². The largest absolute Gasteiger partial charge is 0.315 e. The molecule has 0 atom stereocenters. The molecule has 1 N–H and O–H groups in total. The first-order valence-electron chi connectivity index (χ1n) is 6.39. The Morgan fingerprint density at radius 3 is 2.42 bits per heavy atom. The lowest BCUT2D eigenvalue weighted by Gasteiger charge is -2.43. The summed E-state index contributed by atoms with van der Waals surface area (Å²) >= 11 is 3.36. The van der Waals surface area contributed by atoms with Crippen molar-refractivity contribution in [3.63, 3.8) is 0 Å². The van der Waals surface area contributed by atoms with Gasteiger partial charge in [0.25, 0.3) is 0 Å². The van der Waals surface area contributed by atoms with Crippen molar-refractivity contribution in [2.24, 2.45) is 0 Å². The van der Waals surface area contributed by atoms with Crippen LogP contribution in [0.15, 0.2) is 53.0 Å². The molecule has 0 unspecified atom stereocenters. The molecule has 1 heterocycles. The van der Waals surface area contributed by atoms with Gasteiger partial charge in [-0.3, -0.25) is 0 Å². The Balaban J connectivity index is 1.91. The first kappa shape index (κ1) is 12.8. The second-order valence-electron chi connectivity index (χ2n) is 5.20. The van der Waals surface area contributed by atoms with E-state index in [1.54, 1.807) is 6.07 Å². The molecule has 0 aliphatic carbocycles. The second kappa shape index (κ2) is 5.06. The molecule has 0 spiro atoms. The van der Waals surface area contributed by atoms with E-state index in [1.807, 2.05) is 12.1 Å². The first-order chi connectivity index (χ1) is 9.18. The zero-order valence-corrected chi connectivity index (χ0v) is 12.1. The monoisotopic (exact) mass is 319 g/mol. The molecule has 1 fully saturated rings. The highest BCUT2D eigenvalue weighted by atomic mass is 79.9. The molecule has 1 nitrogen and oxygen atoms in total. The SMILES string of the molecule is Fc1cc(Br)cc(CC2(c3ccccc3)CNC2)c1. The zero-order chi connectivity index (χ0) is 13.3. The summed E-state index contributed by atoms with van der Waals surface area (Å²) in [6.45, 7) is 1.90. The maximum absolute atomic E-state index is 13.5. The zero-order valence-electron chi connectivity index (χ0n) is 10.5. The van der Waals surface area contributed by atoms with Crippen LogP contribution in [0.25, 0.3) is 0 Å². The van der Waals surface area contributed by atoms with E-state index >= 15 is 0 Å². The summed E-state index contributed by atoms with van der Waals surface area (Å²) in [6.07, 6.45) is 0.861. The predicted octanol–water partition coefficient (Wildman–Crippen LogP) is 3.67. The van der Waals surface area contributed by atoms with Gasteiger partial charge in [0.2, 0.25) is 0 Å². The molecule has 1 saturated heterocycles. The first-order valence-corrected chi connectivity index (χ1v) is 7.19. The van der Waals surface area contributed by atoms with Gasteiger partial charge >= 0.3 is 0 Å². The van der Waals surface area contributed by atoms with E-state index in [9.17, 15) is 4.39 Å². The van der Waals surface area contributed by atoms with Crippen molar-refractivity contribution in [2.75, 3.05) is 13.1 Å². The minimum absolute atomic E-state index is 0.106. The molecule has 0 radical (unpaired) electrons. The molecular formula is C16H15BrFN. The van der Waals surface area contributed by atoms with Gasteiger partial charge in [-0.25, -0.2) is 4.39 Å². The summed E-state index contributed by atoms with van der Waals surface area (Å²) in [6, 6.07) is 15.6. The molecule has 2 aromatic rings. The summed E-state index contributed by atoms with van der Waals surface area (Å²) in [5.74, 6) is -0.181. The van der Waals surface area contributed by atoms with Crippen LogP contribution >= 0.6 is 15.9 Å². The van der Waals surface area contributed by atoms with Gasteiger partial charge in [0.1, 0.15) is 5.82 Å². The van der Waals surface area contributed by atoms with Gasteiger partial charge in [-0.15, -0.1) is 0 Å². The molecule has 1 aliphatic heterocycles. The normalized spacial score (nSPS) is 16.9. The third kappa shape index (κ3) is 2.58. The lowest BCUT2D eigenvalue weighted by molar-refractivity contribution is 0.274. The quantitative estimate of drug-likeness (QED) is 0.910. The number of nitrogens with one attached hydrogen (secondary N) is 1. The van der Waals surface area contributed by atoms with E-state index < -0.39 is 0 Å². The average Bonchev–Trinajstić information content (AvgIpc) is 2.34. The molecule has 2 aromatic carbocycles. The van der Waals surface area contributed by atoms with Crippen LogP contribution in [0, 0.1) is 5.82 Å². The number of hydrogen-bond donors (Lipinski definition) is 1. The molecule has 19 heavy (non-hydrogen) atoms. The standard InChI is InChI=1S/C16H15BrFN/c17-14-6-12(7-15(18)8-14)9-16(10-19-11-16)13-4-2-1-3-5-13/h1-8,19H,9-11H2. The van der Waals surface area contributed by atoms with Crippen LogP contribution in [0.4, 0.5) is 4.39 Å². The van der Waals surface area contributed by atoms with E-state index in [0.29, 0.717) is 0 Å². The van der Waals surface area contributed by atoms with Crippen molar-refractivity contribution < 1.29 is 4.39 Å². The molecular weight excluding hydrogens is 305 g/mol. The molecule has 0 aromatic heterocycles. The van der Waals surface area contributed by atoms with E-state index in [0.717, 1.165) is 29.5 Å². The smallest absolute Gasteiger partial charge is 0.124 e. The Kier molecular flexibility index (Phi) is 3.42. The Morgan fingerprint density at radius 2 is 1.84 bits per heavy atom. The second-order valence-corrected chi connectivity index (χ2v) is 6.12. The van der Waals surface area contributed by atoms with Gasteiger partial charge < -0.3 is 5.32 Å². The Labute approximate surface area is 121 Å². The minimum atomic E-state index is -0.181. The van der Waals surface area contributed by atoms with Gasteiger partial charge in [-0.2, -0.15) is 0 Å². The fourth-order valence-corrected chi connectivity index (χ4v) is 3.27. The fraction of sp³-hybridized carbons (Fsp3) is 0.250. The lowest BCUT2D eigenvalue weighted by atomic mass is 9.71. The highest BCUT2D eigenvalue weighted by Gasteiger charge is 2.38. The average molecular weight is 320 g/mol. The van der Waals surface area contributed by atoms with Gasteiger partial charge in [0.15, 0.2) is 0 Å². The van der Waals surface area contributed by atoms with E-state index in [1.165, 1.54) is 11.6 Å². The highest BCUT2D eigenvalue weighted by molar-refractivity contribution is 9.10. The molecule has 0 saturated carbocycles. The van der Waals surface area contributed by atoms with Crippen molar-refractivity contribution in [2.45, 2.75) is 11.8 Å². The van der Waals surface area contributed by atoms with Gasteiger partial charge in [-0.1, -0.05) is 46.3 Å². The van der Waals surface area contributed by atoms with E-state index in [4.69, 9.17) is 0 Å². The maximum atomic E-state index is 13.5. The Bertz CT molecular complexity index is 558. The van der Waals surface area contributed by atoms with Crippen LogP contribution in [0.2, 0.25) is 0 Å². The lowest BCUT2D eigenvalue weighted by Crippen LogP contribution is -2.58. The fourth-order valence-electron chi connectivity index (χ4n) is 2.75. The highest BCUT2D eigenvalue weighted by Crippen LogP contribution is 2.33. The third-order valence-electron chi connectivity index (χ3n) is 3.78. The van der Waals surface area contributed by atoms with Crippen LogP contribution in [-0.4, -0.2) is 13.1 Å². The molecule has 0 bridgehead atoms. The predicted molar refractivity (Wildman–Crippen MR) is 78.8 cm³/mol. The van der Waals surface area contributed by atoms with Crippen molar-refractivity contribution in [1.29, 1.82) is 0 Å². The minimum Gasteiger partial charge on any atom is -0.315 e. The van der Waals surface area contributed by atoms with Crippen molar-refractivity contribution in [1.82, 2.24) is 5.32 Å². The van der Waals surface area contributed by atoms with E-state index in [-0.39, 0.29) is 11.2 Å². The van der Waals surface area contributed by atoms with Crippen LogP contribution < -0.4 is 5.32 Å². The van der Waals surface area contributed by atoms with Crippen LogP contribution in [0.3, 0.4) is 0 Å². The summed E-state index contributed by atoms with van der Waals surface area (Å²) in [5.41, 5.74) is 2.47. The number of rotatable bonds is 3. The summed E-state index contributed by atoms with van der Waals surface area (Å²) in [4.78, 5) is 0. The van der Waals surface area contributed by atoms with Gasteiger partial charge in [0.05, 0.1) is 0 Å². The number of benzene rings is 2. The van der Waals surface area contributed by atoms with Crippen LogP contribution in [0.1, 0.15) is 11.1 Å². The van der Waals surface area contributed by atoms with Crippen LogP contribution in [0.5, 0.6) is 0 Å². The summed E-state index contributed by atoms with van der Waals surface area (Å²) < 4.78 is 14.3. The Morgan fingerprint density at radius 1 is 1.11 bits per heavy atom. The van der Waals surface area contributed by atoms with Crippen molar-refractivity contribution >= 4 is 15.9 Å². The Hall–Kier alpha value is -1.19. The topological polar surface area (TPSA) is 12.0 Å². The van der Waals surface area contributed by atoms with Crippen molar-refractivity contribution in [3.05, 3.63) is 69.9 Å². The van der Waals surface area contributed by atoms with Crippen LogP contribution in [-0.2, 0) is 11.8 Å². The molecule has 0 amide bonds. The summed E-state index contributed by atoms with van der Waals surface area (Å²) in [5, 5.41) is 3.34. The third-order valence-corrected chi connectivity index (χ3v) is 4.24. The van der Waals surface area contributed by atoms with E-state index in [2.05, 4.69) is 45.5 Å². The summed E-state index contributed by atoms with van der Waals surface area (Å²) in [7, 11) is 0. The number of hydrogen-bond acceptors (Lipinski definition) is 1. The van der Waals surface area contributed by atoms with Gasteiger partial charge in [-0.05, 0) is 35.7 Å². The van der Waals surface area contributed by atoms with Gasteiger partial charge in [0, 0.05) is 23.0 Å². The molecule has 1 aliphatic rings. The molecule has 3 heteroatoms. The maximum Gasteiger partial charge on any atom is 0.124 e.